The van der Waals surface area contributed by atoms with Crippen molar-refractivity contribution in [3.63, 3.8) is 0 Å². The van der Waals surface area contributed by atoms with Gasteiger partial charge in [0.1, 0.15) is 0 Å². The Morgan fingerprint density at radius 2 is 1.37 bits per heavy atom. The van der Waals surface area contributed by atoms with Crippen LogP contribution in [-0.2, 0) is 0 Å². The molecule has 0 aliphatic heterocycles. The molecule has 0 fully saturated rings. The highest BCUT2D eigenvalue weighted by atomic mass is 35.5. The lowest BCUT2D eigenvalue weighted by Crippen LogP contribution is -1.89. The van der Waals surface area contributed by atoms with Gasteiger partial charge in [-0.2, -0.15) is 0 Å². The molecule has 1 nitrogen and oxygen atoms in total. The SMILES string of the molecule is Clc1ccccc1-c1ncccc1-c1ccccc1. The van der Waals surface area contributed by atoms with E-state index in [1.165, 1.54) is 0 Å². The fourth-order valence-corrected chi connectivity index (χ4v) is 2.35. The molecule has 0 amide bonds. The topological polar surface area (TPSA) is 12.9 Å². The van der Waals surface area contributed by atoms with Crippen LogP contribution in [0.4, 0.5) is 0 Å². The lowest BCUT2D eigenvalue weighted by molar-refractivity contribution is 1.32. The first kappa shape index (κ1) is 11.9. The van der Waals surface area contributed by atoms with E-state index in [1.54, 1.807) is 6.20 Å². The molecule has 0 aliphatic rings. The van der Waals surface area contributed by atoms with E-state index < -0.39 is 0 Å². The van der Waals surface area contributed by atoms with Crippen molar-refractivity contribution in [3.8, 4) is 22.4 Å². The van der Waals surface area contributed by atoms with Crippen molar-refractivity contribution in [1.82, 2.24) is 4.98 Å². The molecule has 1 aromatic heterocycles. The Balaban J connectivity index is 2.21. The van der Waals surface area contributed by atoms with Gasteiger partial charge >= 0.3 is 0 Å². The Labute approximate surface area is 117 Å². The van der Waals surface area contributed by atoms with Crippen LogP contribution in [0.5, 0.6) is 0 Å². The molecule has 0 atom stereocenters. The summed E-state index contributed by atoms with van der Waals surface area (Å²) in [5.41, 5.74) is 4.12. The van der Waals surface area contributed by atoms with Crippen molar-refractivity contribution < 1.29 is 0 Å². The van der Waals surface area contributed by atoms with Crippen LogP contribution in [-0.4, -0.2) is 4.98 Å². The quantitative estimate of drug-likeness (QED) is 0.630. The monoisotopic (exact) mass is 265 g/mol. The Morgan fingerprint density at radius 1 is 0.684 bits per heavy atom. The first-order chi connectivity index (χ1) is 9.36. The third kappa shape index (κ3) is 2.38. The second-order valence-electron chi connectivity index (χ2n) is 4.25. The number of rotatable bonds is 2. The molecule has 0 N–H and O–H groups in total. The van der Waals surface area contributed by atoms with Gasteiger partial charge in [0.05, 0.1) is 5.69 Å². The molecule has 0 radical (unpaired) electrons. The molecule has 0 saturated carbocycles. The third-order valence-electron chi connectivity index (χ3n) is 3.02. The number of nitrogens with zero attached hydrogens (tertiary/aromatic N) is 1. The maximum absolute atomic E-state index is 6.28. The van der Waals surface area contributed by atoms with E-state index in [2.05, 4.69) is 23.2 Å². The molecule has 2 heteroatoms. The molecular formula is C17H12ClN. The molecule has 92 valence electrons. The standard InChI is InChI=1S/C17H12ClN/c18-16-11-5-4-9-15(16)17-14(10-6-12-19-17)13-7-2-1-3-8-13/h1-12H. The summed E-state index contributed by atoms with van der Waals surface area (Å²) >= 11 is 6.28. The summed E-state index contributed by atoms with van der Waals surface area (Å²) in [5, 5.41) is 0.721. The molecule has 19 heavy (non-hydrogen) atoms. The zero-order valence-electron chi connectivity index (χ0n) is 10.3. The summed E-state index contributed by atoms with van der Waals surface area (Å²) in [6.45, 7) is 0. The molecule has 0 unspecified atom stereocenters. The lowest BCUT2D eigenvalue weighted by atomic mass is 9.99. The van der Waals surface area contributed by atoms with Gasteiger partial charge in [0.15, 0.2) is 0 Å². The molecule has 3 rings (SSSR count). The molecule has 0 spiro atoms. The smallest absolute Gasteiger partial charge is 0.0795 e. The molecular weight excluding hydrogens is 254 g/mol. The minimum absolute atomic E-state index is 0.721. The highest BCUT2D eigenvalue weighted by Gasteiger charge is 2.10. The average Bonchev–Trinajstić information content (AvgIpc) is 2.49. The normalized spacial score (nSPS) is 10.4. The number of benzene rings is 2. The Hall–Kier alpha value is -2.12. The van der Waals surface area contributed by atoms with Gasteiger partial charge in [-0.1, -0.05) is 66.2 Å². The summed E-state index contributed by atoms with van der Waals surface area (Å²) in [6.07, 6.45) is 1.80. The van der Waals surface area contributed by atoms with Crippen molar-refractivity contribution >= 4 is 11.6 Å². The predicted molar refractivity (Wildman–Crippen MR) is 80.1 cm³/mol. The van der Waals surface area contributed by atoms with E-state index in [-0.39, 0.29) is 0 Å². The number of hydrogen-bond acceptors (Lipinski definition) is 1. The van der Waals surface area contributed by atoms with Crippen LogP contribution < -0.4 is 0 Å². The van der Waals surface area contributed by atoms with Crippen molar-refractivity contribution in [1.29, 1.82) is 0 Å². The van der Waals surface area contributed by atoms with Crippen molar-refractivity contribution in [2.24, 2.45) is 0 Å². The maximum atomic E-state index is 6.28. The van der Waals surface area contributed by atoms with Gasteiger partial charge in [-0.25, -0.2) is 0 Å². The average molecular weight is 266 g/mol. The molecule has 2 aromatic carbocycles. The molecule has 0 saturated heterocycles. The zero-order valence-corrected chi connectivity index (χ0v) is 11.0. The maximum Gasteiger partial charge on any atom is 0.0795 e. The van der Waals surface area contributed by atoms with Gasteiger partial charge in [-0.15, -0.1) is 0 Å². The van der Waals surface area contributed by atoms with Crippen molar-refractivity contribution in [2.45, 2.75) is 0 Å². The highest BCUT2D eigenvalue weighted by Crippen LogP contribution is 2.33. The van der Waals surface area contributed by atoms with Crippen LogP contribution >= 0.6 is 11.6 Å². The summed E-state index contributed by atoms with van der Waals surface area (Å²) in [6, 6.07) is 22.0. The fourth-order valence-electron chi connectivity index (χ4n) is 2.12. The highest BCUT2D eigenvalue weighted by molar-refractivity contribution is 6.33. The van der Waals surface area contributed by atoms with Crippen LogP contribution in [0.25, 0.3) is 22.4 Å². The van der Waals surface area contributed by atoms with Gasteiger partial charge < -0.3 is 0 Å². The minimum atomic E-state index is 0.721. The number of pyridine rings is 1. The van der Waals surface area contributed by atoms with Crippen LogP contribution in [0.2, 0.25) is 5.02 Å². The van der Waals surface area contributed by atoms with Gasteiger partial charge in [0, 0.05) is 22.3 Å². The van der Waals surface area contributed by atoms with E-state index in [0.717, 1.165) is 27.4 Å². The molecule has 0 aliphatic carbocycles. The number of hydrogen-bond donors (Lipinski definition) is 0. The van der Waals surface area contributed by atoms with Crippen LogP contribution in [0.15, 0.2) is 72.9 Å². The second-order valence-corrected chi connectivity index (χ2v) is 4.65. The fraction of sp³-hybridized carbons (Fsp3) is 0. The van der Waals surface area contributed by atoms with Crippen LogP contribution in [0.3, 0.4) is 0 Å². The summed E-state index contributed by atoms with van der Waals surface area (Å²) in [7, 11) is 0. The summed E-state index contributed by atoms with van der Waals surface area (Å²) < 4.78 is 0. The van der Waals surface area contributed by atoms with Crippen molar-refractivity contribution in [3.05, 3.63) is 77.9 Å². The van der Waals surface area contributed by atoms with Gasteiger partial charge in [-0.05, 0) is 17.7 Å². The summed E-state index contributed by atoms with van der Waals surface area (Å²) in [4.78, 5) is 4.50. The van der Waals surface area contributed by atoms with Crippen LogP contribution in [0, 0.1) is 0 Å². The molecule has 0 bridgehead atoms. The number of halogens is 1. The second kappa shape index (κ2) is 5.25. The van der Waals surface area contributed by atoms with Crippen molar-refractivity contribution in [2.75, 3.05) is 0 Å². The summed E-state index contributed by atoms with van der Waals surface area (Å²) in [5.74, 6) is 0. The van der Waals surface area contributed by atoms with E-state index in [9.17, 15) is 0 Å². The third-order valence-corrected chi connectivity index (χ3v) is 3.35. The lowest BCUT2D eigenvalue weighted by Gasteiger charge is -2.10. The van der Waals surface area contributed by atoms with E-state index in [1.807, 2.05) is 48.5 Å². The van der Waals surface area contributed by atoms with Gasteiger partial charge in [0.2, 0.25) is 0 Å². The molecule has 3 aromatic rings. The van der Waals surface area contributed by atoms with Crippen LogP contribution in [0.1, 0.15) is 0 Å². The van der Waals surface area contributed by atoms with E-state index in [4.69, 9.17) is 11.6 Å². The first-order valence-corrected chi connectivity index (χ1v) is 6.49. The Bertz CT molecular complexity index is 692. The Morgan fingerprint density at radius 3 is 2.16 bits per heavy atom. The number of aromatic nitrogens is 1. The first-order valence-electron chi connectivity index (χ1n) is 6.11. The predicted octanol–water partition coefficient (Wildman–Crippen LogP) is 5.07. The van der Waals surface area contributed by atoms with E-state index >= 15 is 0 Å². The Kier molecular flexibility index (Phi) is 3.30. The minimum Gasteiger partial charge on any atom is -0.256 e. The molecule has 1 heterocycles. The van der Waals surface area contributed by atoms with Gasteiger partial charge in [-0.3, -0.25) is 4.98 Å². The zero-order chi connectivity index (χ0) is 13.1. The van der Waals surface area contributed by atoms with E-state index in [0.29, 0.717) is 0 Å². The van der Waals surface area contributed by atoms with Gasteiger partial charge in [0.25, 0.3) is 0 Å². The largest absolute Gasteiger partial charge is 0.256 e.